The van der Waals surface area contributed by atoms with Gasteiger partial charge in [0.1, 0.15) is 11.9 Å². The molecule has 164 valence electrons. The Morgan fingerprint density at radius 3 is 2.45 bits per heavy atom. The van der Waals surface area contributed by atoms with Gasteiger partial charge in [0.05, 0.1) is 5.92 Å². The van der Waals surface area contributed by atoms with Crippen LogP contribution >= 0.6 is 11.8 Å². The summed E-state index contributed by atoms with van der Waals surface area (Å²) in [6, 6.07) is 11.0. The summed E-state index contributed by atoms with van der Waals surface area (Å²) in [5.74, 6) is -1.78. The first kappa shape index (κ1) is 21.6. The second-order valence-corrected chi connectivity index (χ2v) is 8.70. The molecule has 2 amide bonds. The molecule has 0 aliphatic carbocycles. The number of halogens is 2. The molecule has 1 unspecified atom stereocenters. The van der Waals surface area contributed by atoms with Crippen molar-refractivity contribution in [1.29, 1.82) is 0 Å². The van der Waals surface area contributed by atoms with Crippen molar-refractivity contribution < 1.29 is 23.1 Å². The zero-order valence-corrected chi connectivity index (χ0v) is 18.0. The molecule has 1 atom stereocenters. The fourth-order valence-electron chi connectivity index (χ4n) is 4.09. The topological polar surface area (TPSA) is 49.9 Å². The van der Waals surface area contributed by atoms with Gasteiger partial charge >= 0.3 is 0 Å². The van der Waals surface area contributed by atoms with E-state index in [9.17, 15) is 18.4 Å². The molecule has 0 bridgehead atoms. The minimum Gasteiger partial charge on any atom is -0.487 e. The Hall–Kier alpha value is -2.61. The third kappa shape index (κ3) is 4.84. The van der Waals surface area contributed by atoms with Gasteiger partial charge < -0.3 is 14.5 Å². The van der Waals surface area contributed by atoms with Gasteiger partial charge in [0.2, 0.25) is 11.8 Å². The van der Waals surface area contributed by atoms with Crippen LogP contribution in [0.15, 0.2) is 47.4 Å². The Bertz CT molecular complexity index is 962. The van der Waals surface area contributed by atoms with Crippen molar-refractivity contribution in [2.24, 2.45) is 5.92 Å². The lowest BCUT2D eigenvalue weighted by Crippen LogP contribution is -2.45. The van der Waals surface area contributed by atoms with Crippen molar-refractivity contribution in [2.45, 2.75) is 30.3 Å². The number of amides is 2. The number of benzene rings is 2. The number of nitrogens with zero attached hydrogens (tertiary/aromatic N) is 2. The van der Waals surface area contributed by atoms with Gasteiger partial charge in [-0.1, -0.05) is 0 Å². The van der Waals surface area contributed by atoms with Gasteiger partial charge in [-0.3, -0.25) is 9.59 Å². The normalized spacial score (nSPS) is 19.7. The quantitative estimate of drug-likeness (QED) is 0.649. The fourth-order valence-corrected chi connectivity index (χ4v) is 4.50. The molecule has 0 radical (unpaired) electrons. The van der Waals surface area contributed by atoms with Crippen LogP contribution in [-0.2, 0) is 9.59 Å². The van der Waals surface area contributed by atoms with E-state index in [1.54, 1.807) is 21.6 Å². The summed E-state index contributed by atoms with van der Waals surface area (Å²) in [7, 11) is 0. The van der Waals surface area contributed by atoms with Crippen LogP contribution in [0.5, 0.6) is 5.75 Å². The minimum atomic E-state index is -0.728. The SMILES string of the molecule is CSc1ccc(N2CC(C(=O)N3CCC(Oc4ccc(F)cc4F)CC3)CC2=O)cc1. The van der Waals surface area contributed by atoms with Crippen LogP contribution in [0.2, 0.25) is 0 Å². The van der Waals surface area contributed by atoms with Crippen LogP contribution in [0, 0.1) is 17.6 Å². The third-order valence-electron chi connectivity index (χ3n) is 5.80. The zero-order chi connectivity index (χ0) is 22.0. The number of hydrogen-bond acceptors (Lipinski definition) is 4. The van der Waals surface area contributed by atoms with Crippen LogP contribution in [0.1, 0.15) is 19.3 Å². The number of likely N-dealkylation sites (tertiary alicyclic amines) is 1. The summed E-state index contributed by atoms with van der Waals surface area (Å²) in [5.41, 5.74) is 0.812. The average Bonchev–Trinajstić information content (AvgIpc) is 3.17. The third-order valence-corrected chi connectivity index (χ3v) is 6.54. The second kappa shape index (κ2) is 9.26. The molecular weight excluding hydrogens is 422 g/mol. The van der Waals surface area contributed by atoms with Crippen molar-refractivity contribution in [3.05, 3.63) is 54.1 Å². The maximum atomic E-state index is 13.8. The lowest BCUT2D eigenvalue weighted by atomic mass is 10.0. The molecule has 5 nitrogen and oxygen atoms in total. The second-order valence-electron chi connectivity index (χ2n) is 7.82. The number of thioether (sulfide) groups is 1. The standard InChI is InChI=1S/C23H24F2N2O3S/c1-31-19-5-3-17(4-6-19)27-14-15(12-22(27)28)23(29)26-10-8-18(9-11-26)30-21-7-2-16(24)13-20(21)25/h2-7,13,15,18H,8-12,14H2,1H3. The molecule has 0 N–H and O–H groups in total. The number of anilines is 1. The average molecular weight is 447 g/mol. The maximum Gasteiger partial charge on any atom is 0.228 e. The van der Waals surface area contributed by atoms with Crippen molar-refractivity contribution >= 4 is 29.3 Å². The van der Waals surface area contributed by atoms with Crippen LogP contribution in [0.25, 0.3) is 0 Å². The number of carbonyl (C=O) groups excluding carboxylic acids is 2. The smallest absolute Gasteiger partial charge is 0.228 e. The highest BCUT2D eigenvalue weighted by Gasteiger charge is 2.38. The van der Waals surface area contributed by atoms with E-state index in [0.29, 0.717) is 32.5 Å². The number of piperidine rings is 1. The molecule has 0 aromatic heterocycles. The van der Waals surface area contributed by atoms with E-state index in [4.69, 9.17) is 4.74 Å². The van der Waals surface area contributed by atoms with Gasteiger partial charge in [0.25, 0.3) is 0 Å². The first-order chi connectivity index (χ1) is 14.9. The monoisotopic (exact) mass is 446 g/mol. The van der Waals surface area contributed by atoms with Gasteiger partial charge in [-0.25, -0.2) is 8.78 Å². The van der Waals surface area contributed by atoms with Crippen molar-refractivity contribution in [1.82, 2.24) is 4.90 Å². The lowest BCUT2D eigenvalue weighted by molar-refractivity contribution is -0.137. The molecule has 2 aliphatic heterocycles. The van der Waals surface area contributed by atoms with Gasteiger partial charge in [-0.2, -0.15) is 0 Å². The highest BCUT2D eigenvalue weighted by molar-refractivity contribution is 7.98. The predicted molar refractivity (Wildman–Crippen MR) is 115 cm³/mol. The van der Waals surface area contributed by atoms with Crippen molar-refractivity contribution in [3.63, 3.8) is 0 Å². The van der Waals surface area contributed by atoms with Crippen LogP contribution < -0.4 is 9.64 Å². The summed E-state index contributed by atoms with van der Waals surface area (Å²) in [6.45, 7) is 1.35. The predicted octanol–water partition coefficient (Wildman–Crippen LogP) is 4.11. The Balaban J connectivity index is 1.31. The van der Waals surface area contributed by atoms with Crippen LogP contribution in [0.4, 0.5) is 14.5 Å². The Morgan fingerprint density at radius 2 is 1.81 bits per heavy atom. The first-order valence-electron chi connectivity index (χ1n) is 10.3. The summed E-state index contributed by atoms with van der Waals surface area (Å²) < 4.78 is 32.5. The fraction of sp³-hybridized carbons (Fsp3) is 0.391. The van der Waals surface area contributed by atoms with E-state index >= 15 is 0 Å². The molecule has 0 saturated carbocycles. The summed E-state index contributed by atoms with van der Waals surface area (Å²) >= 11 is 1.63. The molecular formula is C23H24F2N2O3S. The molecule has 8 heteroatoms. The lowest BCUT2D eigenvalue weighted by Gasteiger charge is -2.33. The molecule has 31 heavy (non-hydrogen) atoms. The molecule has 2 aromatic rings. The van der Waals surface area contributed by atoms with Gasteiger partial charge in [-0.05, 0) is 42.7 Å². The van der Waals surface area contributed by atoms with Crippen LogP contribution in [0.3, 0.4) is 0 Å². The molecule has 2 heterocycles. The maximum absolute atomic E-state index is 13.8. The minimum absolute atomic E-state index is 0.0238. The van der Waals surface area contributed by atoms with Crippen molar-refractivity contribution in [2.75, 3.05) is 30.8 Å². The molecule has 2 aromatic carbocycles. The van der Waals surface area contributed by atoms with E-state index in [2.05, 4.69) is 0 Å². The summed E-state index contributed by atoms with van der Waals surface area (Å²) in [5, 5.41) is 0. The van der Waals surface area contributed by atoms with Gasteiger partial charge in [-0.15, -0.1) is 11.8 Å². The summed E-state index contributed by atoms with van der Waals surface area (Å²) in [6.07, 6.45) is 3.09. The van der Waals surface area contributed by atoms with Gasteiger partial charge in [0.15, 0.2) is 11.6 Å². The number of hydrogen-bond donors (Lipinski definition) is 0. The van der Waals surface area contributed by atoms with Crippen LogP contribution in [-0.4, -0.2) is 48.7 Å². The Kier molecular flexibility index (Phi) is 6.46. The molecule has 2 aliphatic rings. The van der Waals surface area contributed by atoms with E-state index in [1.807, 2.05) is 30.5 Å². The summed E-state index contributed by atoms with van der Waals surface area (Å²) in [4.78, 5) is 30.0. The zero-order valence-electron chi connectivity index (χ0n) is 17.2. The highest BCUT2D eigenvalue weighted by atomic mass is 32.2. The molecule has 2 fully saturated rings. The number of carbonyl (C=O) groups is 2. The molecule has 4 rings (SSSR count). The molecule has 2 saturated heterocycles. The van der Waals surface area contributed by atoms with E-state index < -0.39 is 11.6 Å². The van der Waals surface area contributed by atoms with Crippen molar-refractivity contribution in [3.8, 4) is 5.75 Å². The van der Waals surface area contributed by atoms with E-state index in [-0.39, 0.29) is 36.0 Å². The first-order valence-corrected chi connectivity index (χ1v) is 11.5. The largest absolute Gasteiger partial charge is 0.487 e. The number of rotatable bonds is 5. The van der Waals surface area contributed by atoms with Gasteiger partial charge in [0, 0.05) is 55.5 Å². The van der Waals surface area contributed by atoms with E-state index in [1.165, 1.54) is 6.07 Å². The Morgan fingerprint density at radius 1 is 1.10 bits per heavy atom. The highest BCUT2D eigenvalue weighted by Crippen LogP contribution is 2.29. The molecule has 0 spiro atoms. The Labute approximate surface area is 184 Å². The van der Waals surface area contributed by atoms with E-state index in [0.717, 1.165) is 22.7 Å². The number of ether oxygens (including phenoxy) is 1.